The lowest BCUT2D eigenvalue weighted by Crippen LogP contribution is -2.07. The molecule has 114 valence electrons. The lowest BCUT2D eigenvalue weighted by Gasteiger charge is -2.13. The largest absolute Gasteiger partial charge is 0.485 e. The van der Waals surface area contributed by atoms with Gasteiger partial charge in [0, 0.05) is 22.5 Å². The minimum absolute atomic E-state index is 0.300. The van der Waals surface area contributed by atoms with Gasteiger partial charge in [0.25, 0.3) is 0 Å². The number of aromatic nitrogens is 2. The Bertz CT molecular complexity index is 658. The van der Waals surface area contributed by atoms with Crippen LogP contribution in [0.2, 0.25) is 15.1 Å². The minimum Gasteiger partial charge on any atom is -0.485 e. The molecule has 21 heavy (non-hydrogen) atoms. The zero-order chi connectivity index (χ0) is 15.6. The second-order valence-corrected chi connectivity index (χ2v) is 6.24. The van der Waals surface area contributed by atoms with Gasteiger partial charge < -0.3 is 4.74 Å². The molecule has 1 aromatic carbocycles. The van der Waals surface area contributed by atoms with Gasteiger partial charge in [-0.2, -0.15) is 5.10 Å². The summed E-state index contributed by atoms with van der Waals surface area (Å²) in [5, 5.41) is 6.65. The lowest BCUT2D eigenvalue weighted by atomic mass is 10.2. The Balaban J connectivity index is 2.29. The highest BCUT2D eigenvalue weighted by atomic mass is 79.9. The van der Waals surface area contributed by atoms with Crippen molar-refractivity contribution in [2.75, 3.05) is 0 Å². The fourth-order valence-corrected chi connectivity index (χ4v) is 3.22. The number of hydrogen-bond acceptors (Lipinski definition) is 2. The molecule has 0 spiro atoms. The van der Waals surface area contributed by atoms with Crippen molar-refractivity contribution in [1.82, 2.24) is 9.78 Å². The van der Waals surface area contributed by atoms with Gasteiger partial charge >= 0.3 is 0 Å². The summed E-state index contributed by atoms with van der Waals surface area (Å²) in [4.78, 5) is 0. The van der Waals surface area contributed by atoms with Gasteiger partial charge in [0.1, 0.15) is 12.4 Å². The molecule has 0 unspecified atom stereocenters. The quantitative estimate of drug-likeness (QED) is 0.594. The first kappa shape index (κ1) is 16.9. The van der Waals surface area contributed by atoms with E-state index in [1.165, 1.54) is 0 Å². The van der Waals surface area contributed by atoms with E-state index in [1.54, 1.807) is 6.07 Å². The monoisotopic (exact) mass is 410 g/mol. The Labute approximate surface area is 147 Å². The van der Waals surface area contributed by atoms with Crippen LogP contribution < -0.4 is 4.74 Å². The number of ether oxygens (including phenoxy) is 1. The van der Waals surface area contributed by atoms with Gasteiger partial charge in [-0.25, -0.2) is 0 Å². The predicted molar refractivity (Wildman–Crippen MR) is 91.1 cm³/mol. The van der Waals surface area contributed by atoms with E-state index >= 15 is 0 Å². The summed E-state index contributed by atoms with van der Waals surface area (Å²) in [6.45, 7) is 4.91. The average Bonchev–Trinajstić information content (AvgIpc) is 2.72. The van der Waals surface area contributed by atoms with Crippen LogP contribution in [0.1, 0.15) is 23.9 Å². The summed E-state index contributed by atoms with van der Waals surface area (Å²) >= 11 is 21.9. The van der Waals surface area contributed by atoms with E-state index < -0.39 is 0 Å². The molecule has 0 aliphatic carbocycles. The first-order valence-electron chi connectivity index (χ1n) is 6.36. The average molecular weight is 413 g/mol. The zero-order valence-electron chi connectivity index (χ0n) is 11.6. The first-order valence-corrected chi connectivity index (χ1v) is 8.61. The van der Waals surface area contributed by atoms with Crippen molar-refractivity contribution >= 4 is 50.7 Å². The molecule has 1 heterocycles. The van der Waals surface area contributed by atoms with E-state index in [9.17, 15) is 0 Å². The molecule has 0 amide bonds. The number of nitrogens with zero attached hydrogens (tertiary/aromatic N) is 2. The van der Waals surface area contributed by atoms with Gasteiger partial charge in [0.15, 0.2) is 0 Å². The Kier molecular flexibility index (Phi) is 5.83. The van der Waals surface area contributed by atoms with Crippen LogP contribution in [0.25, 0.3) is 0 Å². The van der Waals surface area contributed by atoms with Crippen LogP contribution in [0.15, 0.2) is 12.1 Å². The van der Waals surface area contributed by atoms with Crippen molar-refractivity contribution in [2.24, 2.45) is 0 Å². The Morgan fingerprint density at radius 1 is 1.29 bits per heavy atom. The molecular weight excluding hydrogens is 398 g/mol. The van der Waals surface area contributed by atoms with Crippen LogP contribution >= 0.6 is 50.7 Å². The Morgan fingerprint density at radius 2 is 2.00 bits per heavy atom. The van der Waals surface area contributed by atoms with E-state index in [4.69, 9.17) is 39.5 Å². The highest BCUT2D eigenvalue weighted by molar-refractivity contribution is 9.08. The minimum atomic E-state index is 0.300. The fourth-order valence-electron chi connectivity index (χ4n) is 2.02. The van der Waals surface area contributed by atoms with Crippen LogP contribution in [0.3, 0.4) is 0 Å². The van der Waals surface area contributed by atoms with E-state index in [2.05, 4.69) is 21.0 Å². The smallest absolute Gasteiger partial charge is 0.142 e. The van der Waals surface area contributed by atoms with Crippen LogP contribution in [0, 0.1) is 6.92 Å². The third kappa shape index (κ3) is 3.67. The molecule has 0 bridgehead atoms. The molecule has 0 aliphatic rings. The normalized spacial score (nSPS) is 11.0. The number of halogens is 4. The van der Waals surface area contributed by atoms with Gasteiger partial charge in [-0.05, 0) is 26.0 Å². The molecule has 0 fully saturated rings. The van der Waals surface area contributed by atoms with E-state index in [0.29, 0.717) is 32.8 Å². The zero-order valence-corrected chi connectivity index (χ0v) is 15.4. The van der Waals surface area contributed by atoms with Gasteiger partial charge in [-0.15, -0.1) is 0 Å². The summed E-state index contributed by atoms with van der Waals surface area (Å²) in [6.07, 6.45) is 0. The maximum atomic E-state index is 6.27. The maximum Gasteiger partial charge on any atom is 0.142 e. The summed E-state index contributed by atoms with van der Waals surface area (Å²) in [7, 11) is 0. The van der Waals surface area contributed by atoms with E-state index in [1.807, 2.05) is 24.6 Å². The number of benzene rings is 1. The third-order valence-electron chi connectivity index (χ3n) is 3.04. The van der Waals surface area contributed by atoms with Crippen LogP contribution in [-0.2, 0) is 18.5 Å². The topological polar surface area (TPSA) is 27.1 Å². The number of rotatable bonds is 5. The molecule has 0 N–H and O–H groups in total. The molecule has 7 heteroatoms. The SMILES string of the molecule is CCn1nc(C)c(Cl)c1COc1c(Cl)cc(Cl)cc1CBr. The second kappa shape index (κ2) is 7.23. The standard InChI is InChI=1S/C14H14BrCl3N2O/c1-3-20-12(13(18)8(2)19-20)7-21-14-9(6-15)4-10(16)5-11(14)17/h4-5H,3,6-7H2,1-2H3. The molecule has 0 radical (unpaired) electrons. The van der Waals surface area contributed by atoms with Crippen molar-refractivity contribution < 1.29 is 4.74 Å². The molecule has 2 rings (SSSR count). The van der Waals surface area contributed by atoms with Crippen LogP contribution in [0.5, 0.6) is 5.75 Å². The van der Waals surface area contributed by atoms with Gasteiger partial charge in [-0.3, -0.25) is 4.68 Å². The van der Waals surface area contributed by atoms with Crippen molar-refractivity contribution in [3.63, 3.8) is 0 Å². The number of hydrogen-bond donors (Lipinski definition) is 0. The highest BCUT2D eigenvalue weighted by Crippen LogP contribution is 2.34. The molecule has 2 aromatic rings. The summed E-state index contributed by atoms with van der Waals surface area (Å²) in [5.74, 6) is 0.607. The van der Waals surface area contributed by atoms with Gasteiger partial charge in [0.05, 0.1) is 21.4 Å². The summed E-state index contributed by atoms with van der Waals surface area (Å²) in [5.41, 5.74) is 2.52. The van der Waals surface area contributed by atoms with Crippen molar-refractivity contribution in [1.29, 1.82) is 0 Å². The van der Waals surface area contributed by atoms with Crippen LogP contribution in [0.4, 0.5) is 0 Å². The molecule has 0 aliphatic heterocycles. The summed E-state index contributed by atoms with van der Waals surface area (Å²) in [6, 6.07) is 3.48. The van der Waals surface area contributed by atoms with Gasteiger partial charge in [0.2, 0.25) is 0 Å². The van der Waals surface area contributed by atoms with Crippen molar-refractivity contribution in [3.05, 3.63) is 44.2 Å². The maximum absolute atomic E-state index is 6.27. The number of aryl methyl sites for hydroxylation is 2. The highest BCUT2D eigenvalue weighted by Gasteiger charge is 2.16. The first-order chi connectivity index (χ1) is 9.97. The molecule has 1 aromatic heterocycles. The third-order valence-corrected chi connectivity index (χ3v) is 4.63. The lowest BCUT2D eigenvalue weighted by molar-refractivity contribution is 0.290. The van der Waals surface area contributed by atoms with Crippen LogP contribution in [-0.4, -0.2) is 9.78 Å². The molecule has 0 saturated carbocycles. The molecule has 0 saturated heterocycles. The fraction of sp³-hybridized carbons (Fsp3) is 0.357. The number of alkyl halides is 1. The van der Waals surface area contributed by atoms with Crippen molar-refractivity contribution in [3.8, 4) is 5.75 Å². The van der Waals surface area contributed by atoms with Crippen molar-refractivity contribution in [2.45, 2.75) is 32.3 Å². The predicted octanol–water partition coefficient (Wildman–Crippen LogP) is 5.65. The molecule has 0 atom stereocenters. The van der Waals surface area contributed by atoms with Gasteiger partial charge in [-0.1, -0.05) is 50.7 Å². The Morgan fingerprint density at radius 3 is 2.62 bits per heavy atom. The van der Waals surface area contributed by atoms with E-state index in [0.717, 1.165) is 23.5 Å². The molecule has 3 nitrogen and oxygen atoms in total. The Hall–Kier alpha value is -0.420. The van der Waals surface area contributed by atoms with E-state index in [-0.39, 0.29) is 0 Å². The molecular formula is C14H14BrCl3N2O. The second-order valence-electron chi connectivity index (χ2n) is 4.46. The summed E-state index contributed by atoms with van der Waals surface area (Å²) < 4.78 is 7.70.